The summed E-state index contributed by atoms with van der Waals surface area (Å²) in [5.41, 5.74) is 1.68. The van der Waals surface area contributed by atoms with Crippen LogP contribution in [-0.2, 0) is 6.54 Å². The Bertz CT molecular complexity index is 647. The van der Waals surface area contributed by atoms with Gasteiger partial charge in [0.2, 0.25) is 0 Å². The molecule has 2 nitrogen and oxygen atoms in total. The zero-order valence-corrected chi connectivity index (χ0v) is 11.0. The van der Waals surface area contributed by atoms with Gasteiger partial charge in [-0.1, -0.05) is 18.2 Å². The topological polar surface area (TPSA) is 35.8 Å². The quantitative estimate of drug-likeness (QED) is 0.921. The van der Waals surface area contributed by atoms with E-state index in [1.807, 2.05) is 19.1 Å². The van der Waals surface area contributed by atoms with Gasteiger partial charge in [0.1, 0.15) is 17.7 Å². The summed E-state index contributed by atoms with van der Waals surface area (Å²) in [6.45, 7) is 2.40. The van der Waals surface area contributed by atoms with Crippen molar-refractivity contribution < 1.29 is 8.78 Å². The second kappa shape index (κ2) is 6.27. The van der Waals surface area contributed by atoms with Gasteiger partial charge in [0.15, 0.2) is 0 Å². The first kappa shape index (κ1) is 14.2. The second-order valence-corrected chi connectivity index (χ2v) is 4.58. The van der Waals surface area contributed by atoms with Crippen LogP contribution in [0.3, 0.4) is 0 Å². The van der Waals surface area contributed by atoms with Crippen LogP contribution < -0.4 is 5.32 Å². The van der Waals surface area contributed by atoms with Gasteiger partial charge in [0, 0.05) is 12.6 Å². The fraction of sp³-hybridized carbons (Fsp3) is 0.188. The number of hydrogen-bond donors (Lipinski definition) is 1. The number of rotatable bonds is 4. The molecule has 2 aromatic carbocycles. The van der Waals surface area contributed by atoms with Crippen molar-refractivity contribution in [1.82, 2.24) is 5.32 Å². The molecule has 0 aromatic heterocycles. The lowest BCUT2D eigenvalue weighted by molar-refractivity contribution is 0.563. The van der Waals surface area contributed by atoms with E-state index in [-0.39, 0.29) is 17.4 Å². The molecule has 0 amide bonds. The Kier molecular flexibility index (Phi) is 4.44. The first-order valence-electron chi connectivity index (χ1n) is 6.27. The van der Waals surface area contributed by atoms with Crippen molar-refractivity contribution in [3.05, 3.63) is 70.8 Å². The van der Waals surface area contributed by atoms with Crippen LogP contribution >= 0.6 is 0 Å². The molecule has 1 N–H and O–H groups in total. The van der Waals surface area contributed by atoms with Crippen LogP contribution in [0.15, 0.2) is 42.5 Å². The largest absolute Gasteiger partial charge is 0.306 e. The Morgan fingerprint density at radius 2 is 2.00 bits per heavy atom. The third-order valence-electron chi connectivity index (χ3n) is 3.11. The van der Waals surface area contributed by atoms with Crippen molar-refractivity contribution in [2.75, 3.05) is 0 Å². The van der Waals surface area contributed by atoms with E-state index in [1.165, 1.54) is 24.3 Å². The number of halogens is 2. The number of nitrogens with zero attached hydrogens (tertiary/aromatic N) is 1. The summed E-state index contributed by atoms with van der Waals surface area (Å²) < 4.78 is 26.3. The molecule has 2 rings (SSSR count). The minimum Gasteiger partial charge on any atom is -0.306 e. The van der Waals surface area contributed by atoms with Crippen molar-refractivity contribution >= 4 is 0 Å². The van der Waals surface area contributed by atoms with Gasteiger partial charge in [0.05, 0.1) is 5.56 Å². The van der Waals surface area contributed by atoms with Gasteiger partial charge in [-0.2, -0.15) is 5.26 Å². The highest BCUT2D eigenvalue weighted by Gasteiger charge is 2.07. The fourth-order valence-corrected chi connectivity index (χ4v) is 1.93. The lowest BCUT2D eigenvalue weighted by atomic mass is 10.1. The zero-order chi connectivity index (χ0) is 14.5. The molecular formula is C16H14F2N2. The Balaban J connectivity index is 2.04. The van der Waals surface area contributed by atoms with E-state index in [0.29, 0.717) is 6.54 Å². The molecule has 0 aliphatic carbocycles. The van der Waals surface area contributed by atoms with E-state index in [1.54, 1.807) is 12.1 Å². The minimum atomic E-state index is -0.519. The van der Waals surface area contributed by atoms with Crippen molar-refractivity contribution in [3.63, 3.8) is 0 Å². The lowest BCUT2D eigenvalue weighted by Crippen LogP contribution is -2.18. The van der Waals surface area contributed by atoms with Gasteiger partial charge in [0.25, 0.3) is 0 Å². The van der Waals surface area contributed by atoms with Gasteiger partial charge in [-0.25, -0.2) is 8.78 Å². The predicted molar refractivity (Wildman–Crippen MR) is 72.8 cm³/mol. The molecule has 1 unspecified atom stereocenters. The highest BCUT2D eigenvalue weighted by Crippen LogP contribution is 2.15. The van der Waals surface area contributed by atoms with Crippen LogP contribution in [0.25, 0.3) is 0 Å². The third-order valence-corrected chi connectivity index (χ3v) is 3.11. The number of nitriles is 1. The predicted octanol–water partition coefficient (Wildman–Crippen LogP) is 3.69. The molecular weight excluding hydrogens is 258 g/mol. The van der Waals surface area contributed by atoms with Gasteiger partial charge >= 0.3 is 0 Å². The zero-order valence-electron chi connectivity index (χ0n) is 11.0. The summed E-state index contributed by atoms with van der Waals surface area (Å²) in [7, 11) is 0. The van der Waals surface area contributed by atoms with Crippen LogP contribution in [0.5, 0.6) is 0 Å². The standard InChI is InChI=1S/C16H14F2N2/c1-11(13-3-2-4-15(17)8-13)20-10-12-5-6-16(18)14(7-12)9-19/h2-8,11,20H,10H2,1H3. The molecule has 0 spiro atoms. The van der Waals surface area contributed by atoms with Crippen molar-refractivity contribution in [1.29, 1.82) is 5.26 Å². The van der Waals surface area contributed by atoms with Crippen LogP contribution in [-0.4, -0.2) is 0 Å². The molecule has 102 valence electrons. The van der Waals surface area contributed by atoms with E-state index in [9.17, 15) is 8.78 Å². The fourth-order valence-electron chi connectivity index (χ4n) is 1.93. The monoisotopic (exact) mass is 272 g/mol. The van der Waals surface area contributed by atoms with Gasteiger partial charge in [-0.3, -0.25) is 0 Å². The van der Waals surface area contributed by atoms with E-state index < -0.39 is 5.82 Å². The van der Waals surface area contributed by atoms with Gasteiger partial charge in [-0.15, -0.1) is 0 Å². The molecule has 0 bridgehead atoms. The summed E-state index contributed by atoms with van der Waals surface area (Å²) in [5, 5.41) is 12.0. The van der Waals surface area contributed by atoms with Crippen molar-refractivity contribution in [2.24, 2.45) is 0 Å². The number of benzene rings is 2. The highest BCUT2D eigenvalue weighted by molar-refractivity contribution is 5.34. The summed E-state index contributed by atoms with van der Waals surface area (Å²) in [6.07, 6.45) is 0. The summed E-state index contributed by atoms with van der Waals surface area (Å²) >= 11 is 0. The molecule has 1 atom stereocenters. The number of hydrogen-bond acceptors (Lipinski definition) is 2. The smallest absolute Gasteiger partial charge is 0.140 e. The lowest BCUT2D eigenvalue weighted by Gasteiger charge is -2.14. The van der Waals surface area contributed by atoms with Crippen molar-refractivity contribution in [2.45, 2.75) is 19.5 Å². The molecule has 0 aliphatic heterocycles. The first-order chi connectivity index (χ1) is 9.60. The maximum Gasteiger partial charge on any atom is 0.140 e. The van der Waals surface area contributed by atoms with E-state index in [0.717, 1.165) is 11.1 Å². The maximum absolute atomic E-state index is 13.2. The van der Waals surface area contributed by atoms with Crippen LogP contribution in [0.2, 0.25) is 0 Å². The molecule has 0 heterocycles. The molecule has 20 heavy (non-hydrogen) atoms. The molecule has 0 saturated heterocycles. The van der Waals surface area contributed by atoms with Gasteiger partial charge in [-0.05, 0) is 42.3 Å². The summed E-state index contributed by atoms with van der Waals surface area (Å²) in [5.74, 6) is -0.792. The normalized spacial score (nSPS) is 11.9. The van der Waals surface area contributed by atoms with Crippen molar-refractivity contribution in [3.8, 4) is 6.07 Å². The Morgan fingerprint density at radius 1 is 1.20 bits per heavy atom. The molecule has 4 heteroatoms. The average molecular weight is 272 g/mol. The number of nitrogens with one attached hydrogen (secondary N) is 1. The second-order valence-electron chi connectivity index (χ2n) is 4.58. The molecule has 0 aliphatic rings. The highest BCUT2D eigenvalue weighted by atomic mass is 19.1. The Hall–Kier alpha value is -2.25. The Morgan fingerprint density at radius 3 is 2.70 bits per heavy atom. The van der Waals surface area contributed by atoms with E-state index >= 15 is 0 Å². The van der Waals surface area contributed by atoms with Gasteiger partial charge < -0.3 is 5.32 Å². The molecule has 2 aromatic rings. The first-order valence-corrected chi connectivity index (χ1v) is 6.27. The van der Waals surface area contributed by atoms with Crippen LogP contribution in [0.4, 0.5) is 8.78 Å². The summed E-state index contributed by atoms with van der Waals surface area (Å²) in [6, 6.07) is 12.6. The third kappa shape index (κ3) is 3.40. The van der Waals surface area contributed by atoms with Crippen LogP contribution in [0.1, 0.15) is 29.7 Å². The molecule has 0 saturated carbocycles. The Labute approximate surface area is 116 Å². The average Bonchev–Trinajstić information content (AvgIpc) is 2.46. The molecule has 0 radical (unpaired) electrons. The SMILES string of the molecule is CC(NCc1ccc(F)c(C#N)c1)c1cccc(F)c1. The van der Waals surface area contributed by atoms with Crippen LogP contribution in [0, 0.1) is 23.0 Å². The van der Waals surface area contributed by atoms with E-state index in [2.05, 4.69) is 5.32 Å². The maximum atomic E-state index is 13.2. The van der Waals surface area contributed by atoms with E-state index in [4.69, 9.17) is 5.26 Å². The minimum absolute atomic E-state index is 0.0303. The summed E-state index contributed by atoms with van der Waals surface area (Å²) in [4.78, 5) is 0. The molecule has 0 fully saturated rings.